The zero-order chi connectivity index (χ0) is 16.1. The van der Waals surface area contributed by atoms with Crippen molar-refractivity contribution < 1.29 is 9.53 Å². The minimum atomic E-state index is 0.551. The summed E-state index contributed by atoms with van der Waals surface area (Å²) in [5.41, 5.74) is 0.812. The number of amides is 1. The number of ether oxygens (including phenoxy) is 1. The molecule has 0 atom stereocenters. The Morgan fingerprint density at radius 3 is 2.74 bits per heavy atom. The number of methoxy groups -OCH3 is 1. The zero-order valence-corrected chi connectivity index (χ0v) is 12.8. The number of nitrogens with one attached hydrogen (secondary N) is 1. The van der Waals surface area contributed by atoms with Gasteiger partial charge in [-0.05, 0) is 12.1 Å². The Balaban J connectivity index is 1.74. The standard InChI is InChI=1S/C15H18N6O2/c1-23-13-5-3-2-4-12(13)17-14-10-16-19-15(18-14)21-8-6-20(11-22)7-9-21/h2-5,10-11H,6-9H2,1H3,(H,17,18,19). The van der Waals surface area contributed by atoms with Gasteiger partial charge in [0, 0.05) is 26.2 Å². The summed E-state index contributed by atoms with van der Waals surface area (Å²) in [6, 6.07) is 7.60. The molecule has 0 unspecified atom stereocenters. The molecule has 0 bridgehead atoms. The number of aromatic nitrogens is 3. The minimum absolute atomic E-state index is 0.551. The number of carbonyl (C=O) groups excluding carboxylic acids is 1. The van der Waals surface area contributed by atoms with Crippen molar-refractivity contribution in [3.8, 4) is 5.75 Å². The fraction of sp³-hybridized carbons (Fsp3) is 0.333. The smallest absolute Gasteiger partial charge is 0.247 e. The van der Waals surface area contributed by atoms with E-state index in [2.05, 4.69) is 20.5 Å². The molecule has 1 aliphatic heterocycles. The van der Waals surface area contributed by atoms with Gasteiger partial charge >= 0.3 is 0 Å². The van der Waals surface area contributed by atoms with E-state index in [0.717, 1.165) is 17.8 Å². The van der Waals surface area contributed by atoms with Gasteiger partial charge in [0.25, 0.3) is 0 Å². The van der Waals surface area contributed by atoms with Crippen LogP contribution in [0.4, 0.5) is 17.5 Å². The maximum Gasteiger partial charge on any atom is 0.247 e. The largest absolute Gasteiger partial charge is 0.495 e. The van der Waals surface area contributed by atoms with Gasteiger partial charge in [0.2, 0.25) is 12.4 Å². The third-order valence-electron chi connectivity index (χ3n) is 3.66. The molecule has 1 aromatic heterocycles. The molecule has 1 amide bonds. The van der Waals surface area contributed by atoms with Crippen molar-refractivity contribution in [2.24, 2.45) is 0 Å². The SMILES string of the molecule is COc1ccccc1Nc1cnnc(N2CCN(C=O)CC2)n1. The lowest BCUT2D eigenvalue weighted by Crippen LogP contribution is -2.46. The maximum absolute atomic E-state index is 10.8. The fourth-order valence-electron chi connectivity index (χ4n) is 2.40. The van der Waals surface area contributed by atoms with E-state index in [9.17, 15) is 4.79 Å². The maximum atomic E-state index is 10.8. The van der Waals surface area contributed by atoms with Crippen LogP contribution in [0.15, 0.2) is 30.5 Å². The third-order valence-corrected chi connectivity index (χ3v) is 3.66. The summed E-state index contributed by atoms with van der Waals surface area (Å²) in [5, 5.41) is 11.3. The topological polar surface area (TPSA) is 83.5 Å². The summed E-state index contributed by atoms with van der Waals surface area (Å²) >= 11 is 0. The lowest BCUT2D eigenvalue weighted by molar-refractivity contribution is -0.118. The van der Waals surface area contributed by atoms with E-state index >= 15 is 0 Å². The average Bonchev–Trinajstić information content (AvgIpc) is 2.62. The molecule has 120 valence electrons. The molecular formula is C15H18N6O2. The van der Waals surface area contributed by atoms with Crippen molar-refractivity contribution in [1.29, 1.82) is 0 Å². The van der Waals surface area contributed by atoms with E-state index in [0.29, 0.717) is 37.9 Å². The monoisotopic (exact) mass is 314 g/mol. The van der Waals surface area contributed by atoms with Gasteiger partial charge in [-0.15, -0.1) is 5.10 Å². The molecule has 8 heteroatoms. The molecular weight excluding hydrogens is 296 g/mol. The number of hydrogen-bond donors (Lipinski definition) is 1. The van der Waals surface area contributed by atoms with Crippen LogP contribution in [0.3, 0.4) is 0 Å². The van der Waals surface area contributed by atoms with Crippen LogP contribution in [0.2, 0.25) is 0 Å². The highest BCUT2D eigenvalue weighted by molar-refractivity contribution is 5.64. The van der Waals surface area contributed by atoms with Crippen LogP contribution in [0.25, 0.3) is 0 Å². The molecule has 8 nitrogen and oxygen atoms in total. The highest BCUT2D eigenvalue weighted by Gasteiger charge is 2.18. The molecule has 0 aliphatic carbocycles. The van der Waals surface area contributed by atoms with Crippen LogP contribution < -0.4 is 15.0 Å². The first-order valence-corrected chi connectivity index (χ1v) is 7.34. The van der Waals surface area contributed by atoms with Gasteiger partial charge < -0.3 is 19.9 Å². The Morgan fingerprint density at radius 2 is 2.00 bits per heavy atom. The van der Waals surface area contributed by atoms with Gasteiger partial charge in [0.05, 0.1) is 19.0 Å². The first-order chi connectivity index (χ1) is 11.3. The number of benzene rings is 1. The van der Waals surface area contributed by atoms with Crippen molar-refractivity contribution in [3.05, 3.63) is 30.5 Å². The molecule has 2 heterocycles. The Hall–Kier alpha value is -2.90. The zero-order valence-electron chi connectivity index (χ0n) is 12.8. The Labute approximate surface area is 134 Å². The molecule has 1 aromatic carbocycles. The lowest BCUT2D eigenvalue weighted by Gasteiger charge is -2.32. The summed E-state index contributed by atoms with van der Waals surface area (Å²) in [5.74, 6) is 1.88. The van der Waals surface area contributed by atoms with E-state index in [1.807, 2.05) is 29.2 Å². The molecule has 3 rings (SSSR count). The number of carbonyl (C=O) groups is 1. The molecule has 1 saturated heterocycles. The van der Waals surface area contributed by atoms with Crippen LogP contribution in [-0.4, -0.2) is 59.8 Å². The van der Waals surface area contributed by atoms with Crippen molar-refractivity contribution >= 4 is 23.9 Å². The molecule has 23 heavy (non-hydrogen) atoms. The van der Waals surface area contributed by atoms with Gasteiger partial charge in [0.1, 0.15) is 5.75 Å². The summed E-state index contributed by atoms with van der Waals surface area (Å²) < 4.78 is 5.31. The number of piperazine rings is 1. The predicted octanol–water partition coefficient (Wildman–Crippen LogP) is 0.902. The van der Waals surface area contributed by atoms with Crippen LogP contribution in [0.1, 0.15) is 0 Å². The highest BCUT2D eigenvalue weighted by Crippen LogP contribution is 2.26. The lowest BCUT2D eigenvalue weighted by atomic mass is 10.3. The number of para-hydroxylation sites is 2. The molecule has 2 aromatic rings. The second-order valence-electron chi connectivity index (χ2n) is 5.10. The van der Waals surface area contributed by atoms with E-state index < -0.39 is 0 Å². The number of rotatable bonds is 5. The summed E-state index contributed by atoms with van der Waals surface area (Å²) in [4.78, 5) is 19.0. The second kappa shape index (κ2) is 6.91. The van der Waals surface area contributed by atoms with Gasteiger partial charge in [-0.2, -0.15) is 10.1 Å². The highest BCUT2D eigenvalue weighted by atomic mass is 16.5. The fourth-order valence-corrected chi connectivity index (χ4v) is 2.40. The van der Waals surface area contributed by atoms with Gasteiger partial charge in [0.15, 0.2) is 5.82 Å². The Bertz CT molecular complexity index is 673. The Kier molecular flexibility index (Phi) is 4.51. The predicted molar refractivity (Wildman–Crippen MR) is 86.0 cm³/mol. The first-order valence-electron chi connectivity index (χ1n) is 7.34. The van der Waals surface area contributed by atoms with E-state index in [1.165, 1.54) is 0 Å². The quantitative estimate of drug-likeness (QED) is 0.821. The van der Waals surface area contributed by atoms with E-state index in [4.69, 9.17) is 4.74 Å². The molecule has 0 saturated carbocycles. The van der Waals surface area contributed by atoms with Crippen molar-refractivity contribution in [1.82, 2.24) is 20.1 Å². The molecule has 0 spiro atoms. The summed E-state index contributed by atoms with van der Waals surface area (Å²) in [6.07, 6.45) is 2.44. The second-order valence-corrected chi connectivity index (χ2v) is 5.10. The number of anilines is 3. The van der Waals surface area contributed by atoms with E-state index in [-0.39, 0.29) is 0 Å². The molecule has 1 N–H and O–H groups in total. The van der Waals surface area contributed by atoms with Crippen LogP contribution >= 0.6 is 0 Å². The Morgan fingerprint density at radius 1 is 1.22 bits per heavy atom. The first kappa shape index (κ1) is 15.0. The van der Waals surface area contributed by atoms with Gasteiger partial charge in [-0.25, -0.2) is 0 Å². The third kappa shape index (κ3) is 3.47. The molecule has 1 aliphatic rings. The van der Waals surface area contributed by atoms with E-state index in [1.54, 1.807) is 18.2 Å². The minimum Gasteiger partial charge on any atom is -0.495 e. The number of hydrogen-bond acceptors (Lipinski definition) is 7. The summed E-state index contributed by atoms with van der Waals surface area (Å²) in [7, 11) is 1.62. The molecule has 0 radical (unpaired) electrons. The average molecular weight is 314 g/mol. The molecule has 1 fully saturated rings. The normalized spacial score (nSPS) is 14.5. The summed E-state index contributed by atoms with van der Waals surface area (Å²) in [6.45, 7) is 2.71. The van der Waals surface area contributed by atoms with Gasteiger partial charge in [-0.1, -0.05) is 12.1 Å². The van der Waals surface area contributed by atoms with Gasteiger partial charge in [-0.3, -0.25) is 4.79 Å². The van der Waals surface area contributed by atoms with Crippen molar-refractivity contribution in [2.45, 2.75) is 0 Å². The van der Waals surface area contributed by atoms with Crippen LogP contribution in [0.5, 0.6) is 5.75 Å². The van der Waals surface area contributed by atoms with Crippen LogP contribution in [-0.2, 0) is 4.79 Å². The van der Waals surface area contributed by atoms with Crippen LogP contribution in [0, 0.1) is 0 Å². The van der Waals surface area contributed by atoms with Crippen molar-refractivity contribution in [3.63, 3.8) is 0 Å². The van der Waals surface area contributed by atoms with Crippen molar-refractivity contribution in [2.75, 3.05) is 43.5 Å². The number of nitrogens with zero attached hydrogens (tertiary/aromatic N) is 5.